The van der Waals surface area contributed by atoms with Gasteiger partial charge in [0.15, 0.2) is 16.1 Å². The summed E-state index contributed by atoms with van der Waals surface area (Å²) >= 11 is 13.3. The summed E-state index contributed by atoms with van der Waals surface area (Å²) in [5, 5.41) is 0.825. The molecule has 1 aliphatic heterocycles. The van der Waals surface area contributed by atoms with Gasteiger partial charge in [0, 0.05) is 13.1 Å². The van der Waals surface area contributed by atoms with Crippen LogP contribution in [-0.4, -0.2) is 34.3 Å². The SMILES string of the molecule is CSc1nc(N2CCCCC2)c2c(Cl)nc(Cl)c(F)c2n1. The van der Waals surface area contributed by atoms with Gasteiger partial charge >= 0.3 is 0 Å². The summed E-state index contributed by atoms with van der Waals surface area (Å²) in [5.41, 5.74) is 0.139. The molecule has 21 heavy (non-hydrogen) atoms. The summed E-state index contributed by atoms with van der Waals surface area (Å²) in [6, 6.07) is 0. The second-order valence-corrected chi connectivity index (χ2v) is 6.30. The first-order valence-corrected chi connectivity index (χ1v) is 8.61. The zero-order valence-corrected chi connectivity index (χ0v) is 13.7. The molecule has 3 heterocycles. The summed E-state index contributed by atoms with van der Waals surface area (Å²) in [7, 11) is 0. The molecule has 0 spiro atoms. The molecular weight excluding hydrogens is 334 g/mol. The predicted molar refractivity (Wildman–Crippen MR) is 85.2 cm³/mol. The minimum atomic E-state index is -0.646. The van der Waals surface area contributed by atoms with Crippen molar-refractivity contribution >= 4 is 51.7 Å². The number of nitrogens with zero attached hydrogens (tertiary/aromatic N) is 4. The van der Waals surface area contributed by atoms with Crippen LogP contribution in [0.5, 0.6) is 0 Å². The van der Waals surface area contributed by atoms with Crippen LogP contribution in [0.25, 0.3) is 10.9 Å². The van der Waals surface area contributed by atoms with Crippen LogP contribution in [-0.2, 0) is 0 Å². The lowest BCUT2D eigenvalue weighted by molar-refractivity contribution is 0.572. The molecule has 0 saturated carbocycles. The minimum absolute atomic E-state index is 0.139. The smallest absolute Gasteiger partial charge is 0.189 e. The van der Waals surface area contributed by atoms with Crippen LogP contribution in [0, 0.1) is 5.82 Å². The van der Waals surface area contributed by atoms with E-state index < -0.39 is 5.82 Å². The maximum atomic E-state index is 14.3. The monoisotopic (exact) mass is 346 g/mol. The lowest BCUT2D eigenvalue weighted by Crippen LogP contribution is -2.30. The Labute approximate surface area is 136 Å². The van der Waals surface area contributed by atoms with Gasteiger partial charge in [-0.05, 0) is 25.5 Å². The number of fused-ring (bicyclic) bond motifs is 1. The molecule has 0 unspecified atom stereocenters. The zero-order valence-electron chi connectivity index (χ0n) is 11.4. The van der Waals surface area contributed by atoms with Crippen LogP contribution in [0.3, 0.4) is 0 Å². The van der Waals surface area contributed by atoms with E-state index in [2.05, 4.69) is 19.9 Å². The Morgan fingerprint density at radius 1 is 1.05 bits per heavy atom. The van der Waals surface area contributed by atoms with E-state index in [-0.39, 0.29) is 15.8 Å². The third-order valence-electron chi connectivity index (χ3n) is 3.50. The minimum Gasteiger partial charge on any atom is -0.356 e. The fourth-order valence-corrected chi connectivity index (χ4v) is 3.33. The molecule has 0 bridgehead atoms. The predicted octanol–water partition coefficient (Wildman–Crippen LogP) is 4.18. The van der Waals surface area contributed by atoms with Gasteiger partial charge in [-0.3, -0.25) is 0 Å². The van der Waals surface area contributed by atoms with Crippen molar-refractivity contribution < 1.29 is 4.39 Å². The quantitative estimate of drug-likeness (QED) is 0.463. The average molecular weight is 347 g/mol. The first-order valence-electron chi connectivity index (χ1n) is 6.63. The van der Waals surface area contributed by atoms with Gasteiger partial charge in [0.25, 0.3) is 0 Å². The maximum Gasteiger partial charge on any atom is 0.189 e. The van der Waals surface area contributed by atoms with Crippen LogP contribution >= 0.6 is 35.0 Å². The number of anilines is 1. The van der Waals surface area contributed by atoms with Gasteiger partial charge in [-0.1, -0.05) is 35.0 Å². The van der Waals surface area contributed by atoms with Crippen molar-refractivity contribution in [3.8, 4) is 0 Å². The van der Waals surface area contributed by atoms with Gasteiger partial charge in [0.1, 0.15) is 16.5 Å². The Hall–Kier alpha value is -0.850. The molecule has 2 aromatic heterocycles. The highest BCUT2D eigenvalue weighted by Gasteiger charge is 2.23. The number of hydrogen-bond acceptors (Lipinski definition) is 5. The molecule has 0 aliphatic carbocycles. The molecule has 2 aromatic rings. The highest BCUT2D eigenvalue weighted by Crippen LogP contribution is 2.35. The van der Waals surface area contributed by atoms with Gasteiger partial charge in [0.05, 0.1) is 5.39 Å². The first kappa shape index (κ1) is 15.1. The molecule has 0 atom stereocenters. The van der Waals surface area contributed by atoms with Crippen molar-refractivity contribution in [1.82, 2.24) is 15.0 Å². The summed E-state index contributed by atoms with van der Waals surface area (Å²) in [5.74, 6) is 0.00384. The van der Waals surface area contributed by atoms with Crippen molar-refractivity contribution in [2.45, 2.75) is 24.4 Å². The number of piperidine rings is 1. The van der Waals surface area contributed by atoms with Crippen molar-refractivity contribution in [3.05, 3.63) is 16.1 Å². The standard InChI is InChI=1S/C13H13Cl2FN4S/c1-21-13-17-9-7(10(14)18-11(15)8(9)16)12(19-13)20-5-3-2-4-6-20/h2-6H2,1H3. The molecule has 1 saturated heterocycles. The number of halogens is 3. The molecule has 0 N–H and O–H groups in total. The first-order chi connectivity index (χ1) is 10.1. The molecule has 1 aliphatic rings. The van der Waals surface area contributed by atoms with E-state index in [1.165, 1.54) is 18.2 Å². The largest absolute Gasteiger partial charge is 0.356 e. The van der Waals surface area contributed by atoms with E-state index in [0.29, 0.717) is 16.4 Å². The van der Waals surface area contributed by atoms with Crippen molar-refractivity contribution in [1.29, 1.82) is 0 Å². The number of thioether (sulfide) groups is 1. The summed E-state index contributed by atoms with van der Waals surface area (Å²) in [4.78, 5) is 14.7. The number of hydrogen-bond donors (Lipinski definition) is 0. The van der Waals surface area contributed by atoms with Gasteiger partial charge in [0.2, 0.25) is 0 Å². The van der Waals surface area contributed by atoms with Crippen LogP contribution in [0.1, 0.15) is 19.3 Å². The van der Waals surface area contributed by atoms with E-state index in [1.54, 1.807) is 0 Å². The van der Waals surface area contributed by atoms with Crippen molar-refractivity contribution in [2.75, 3.05) is 24.2 Å². The Morgan fingerprint density at radius 3 is 2.43 bits per heavy atom. The Kier molecular flexibility index (Phi) is 4.38. The van der Waals surface area contributed by atoms with Crippen LogP contribution < -0.4 is 4.90 Å². The van der Waals surface area contributed by atoms with Crippen molar-refractivity contribution in [2.24, 2.45) is 0 Å². The second kappa shape index (κ2) is 6.10. The molecule has 0 aromatic carbocycles. The maximum absolute atomic E-state index is 14.3. The van der Waals surface area contributed by atoms with Crippen molar-refractivity contribution in [3.63, 3.8) is 0 Å². The summed E-state index contributed by atoms with van der Waals surface area (Å²) in [6.07, 6.45) is 5.22. The number of aromatic nitrogens is 3. The second-order valence-electron chi connectivity index (χ2n) is 4.81. The molecule has 0 amide bonds. The molecule has 4 nitrogen and oxygen atoms in total. The van der Waals surface area contributed by atoms with Gasteiger partial charge in [-0.2, -0.15) is 0 Å². The normalized spacial score (nSPS) is 15.7. The average Bonchev–Trinajstić information content (AvgIpc) is 2.52. The van der Waals surface area contributed by atoms with Gasteiger partial charge < -0.3 is 4.90 Å². The lowest BCUT2D eigenvalue weighted by Gasteiger charge is -2.29. The molecular formula is C13H13Cl2FN4S. The van der Waals surface area contributed by atoms with Crippen LogP contribution in [0.4, 0.5) is 10.2 Å². The molecule has 112 valence electrons. The van der Waals surface area contributed by atoms with E-state index >= 15 is 0 Å². The highest BCUT2D eigenvalue weighted by molar-refractivity contribution is 7.98. The molecule has 0 radical (unpaired) electrons. The van der Waals surface area contributed by atoms with Gasteiger partial charge in [-0.25, -0.2) is 19.3 Å². The van der Waals surface area contributed by atoms with Gasteiger partial charge in [-0.15, -0.1) is 0 Å². The zero-order chi connectivity index (χ0) is 15.0. The fourth-order valence-electron chi connectivity index (χ4n) is 2.49. The summed E-state index contributed by atoms with van der Waals surface area (Å²) in [6.45, 7) is 1.75. The lowest BCUT2D eigenvalue weighted by atomic mass is 10.1. The van der Waals surface area contributed by atoms with E-state index in [0.717, 1.165) is 25.9 Å². The Morgan fingerprint density at radius 2 is 1.76 bits per heavy atom. The third kappa shape index (κ3) is 2.76. The Balaban J connectivity index is 2.28. The number of pyridine rings is 1. The van der Waals surface area contributed by atoms with E-state index in [1.807, 2.05) is 6.26 Å². The molecule has 1 fully saturated rings. The van der Waals surface area contributed by atoms with Crippen LogP contribution in [0.15, 0.2) is 5.16 Å². The fraction of sp³-hybridized carbons (Fsp3) is 0.462. The van der Waals surface area contributed by atoms with E-state index in [9.17, 15) is 4.39 Å². The third-order valence-corrected chi connectivity index (χ3v) is 4.57. The topological polar surface area (TPSA) is 41.9 Å². The Bertz CT molecular complexity index is 692. The van der Waals surface area contributed by atoms with E-state index in [4.69, 9.17) is 23.2 Å². The molecule has 3 rings (SSSR count). The number of rotatable bonds is 2. The van der Waals surface area contributed by atoms with Crippen LogP contribution in [0.2, 0.25) is 10.3 Å². The molecule has 8 heteroatoms. The highest BCUT2D eigenvalue weighted by atomic mass is 35.5. The summed E-state index contributed by atoms with van der Waals surface area (Å²) < 4.78 is 14.3.